The smallest absolute Gasteiger partial charge is 0.0593 e. The number of hydrogen-bond donors (Lipinski definition) is 1. The van der Waals surface area contributed by atoms with Crippen LogP contribution in [0.4, 0.5) is 0 Å². The van der Waals surface area contributed by atoms with E-state index in [0.29, 0.717) is 0 Å². The molecule has 1 heterocycles. The van der Waals surface area contributed by atoms with Gasteiger partial charge in [-0.3, -0.25) is 0 Å². The van der Waals surface area contributed by atoms with Crippen molar-refractivity contribution in [1.29, 1.82) is 0 Å². The number of rotatable bonds is 5. The number of fused-ring (bicyclic) bond motifs is 1. The average Bonchev–Trinajstić information content (AvgIpc) is 3.01. The average molecular weight is 295 g/mol. The van der Waals surface area contributed by atoms with E-state index in [1.165, 1.54) is 26.8 Å². The van der Waals surface area contributed by atoms with Crippen molar-refractivity contribution in [1.82, 2.24) is 5.32 Å². The fraction of sp³-hybridized carbons (Fsp3) is 0.263. The van der Waals surface area contributed by atoms with Gasteiger partial charge in [-0.05, 0) is 46.5 Å². The lowest BCUT2D eigenvalue weighted by Crippen LogP contribution is -2.23. The fourth-order valence-electron chi connectivity index (χ4n) is 2.97. The topological polar surface area (TPSA) is 12.0 Å². The Morgan fingerprint density at radius 1 is 0.952 bits per heavy atom. The largest absolute Gasteiger partial charge is 0.306 e. The molecule has 0 spiro atoms. The summed E-state index contributed by atoms with van der Waals surface area (Å²) >= 11 is 1.84. The van der Waals surface area contributed by atoms with Gasteiger partial charge in [0.2, 0.25) is 0 Å². The Bertz CT molecular complexity index is 729. The lowest BCUT2D eigenvalue weighted by Gasteiger charge is -2.22. The Balaban J connectivity index is 2.16. The Kier molecular flexibility index (Phi) is 4.37. The monoisotopic (exact) mass is 295 g/mol. The zero-order chi connectivity index (χ0) is 14.7. The van der Waals surface area contributed by atoms with Crippen molar-refractivity contribution in [3.05, 3.63) is 70.6 Å². The number of benzene rings is 2. The molecule has 3 rings (SSSR count). The van der Waals surface area contributed by atoms with Gasteiger partial charge in [-0.2, -0.15) is 0 Å². The van der Waals surface area contributed by atoms with Gasteiger partial charge in [0, 0.05) is 4.70 Å². The first-order chi connectivity index (χ1) is 10.3. The maximum absolute atomic E-state index is 3.68. The summed E-state index contributed by atoms with van der Waals surface area (Å²) in [5, 5.41) is 7.20. The highest BCUT2D eigenvalue weighted by molar-refractivity contribution is 7.17. The summed E-state index contributed by atoms with van der Waals surface area (Å²) in [5.74, 6) is 0. The molecule has 0 radical (unpaired) electrons. The van der Waals surface area contributed by atoms with Crippen LogP contribution < -0.4 is 5.32 Å². The van der Waals surface area contributed by atoms with E-state index in [2.05, 4.69) is 73.1 Å². The standard InChI is InChI=1S/C19H21NS/c1-3-14-8-5-6-10-16(14)18(20-4-2)17-11-7-9-15-12-13-21-19(15)17/h5-13,18,20H,3-4H2,1-2H3. The molecule has 1 nitrogen and oxygen atoms in total. The maximum Gasteiger partial charge on any atom is 0.0593 e. The summed E-state index contributed by atoms with van der Waals surface area (Å²) < 4.78 is 1.40. The molecule has 0 bridgehead atoms. The van der Waals surface area contributed by atoms with Crippen molar-refractivity contribution in [3.8, 4) is 0 Å². The van der Waals surface area contributed by atoms with Crippen LogP contribution in [0.5, 0.6) is 0 Å². The predicted octanol–water partition coefficient (Wildman–Crippen LogP) is 5.16. The molecule has 1 atom stereocenters. The van der Waals surface area contributed by atoms with Gasteiger partial charge in [-0.1, -0.05) is 56.3 Å². The molecule has 1 unspecified atom stereocenters. The minimum atomic E-state index is 0.272. The second-order valence-corrected chi connectivity index (χ2v) is 6.15. The van der Waals surface area contributed by atoms with Crippen LogP contribution in [0.15, 0.2) is 53.9 Å². The van der Waals surface area contributed by atoms with E-state index in [4.69, 9.17) is 0 Å². The first kappa shape index (κ1) is 14.3. The van der Waals surface area contributed by atoms with Crippen molar-refractivity contribution in [2.75, 3.05) is 6.54 Å². The molecule has 1 N–H and O–H groups in total. The molecule has 0 aliphatic heterocycles. The van der Waals surface area contributed by atoms with Crippen LogP contribution in [0.3, 0.4) is 0 Å². The third-order valence-corrected chi connectivity index (χ3v) is 4.95. The van der Waals surface area contributed by atoms with Crippen molar-refractivity contribution in [2.45, 2.75) is 26.3 Å². The summed E-state index contributed by atoms with van der Waals surface area (Å²) in [5.41, 5.74) is 4.23. The second kappa shape index (κ2) is 6.42. The van der Waals surface area contributed by atoms with Gasteiger partial charge in [0.1, 0.15) is 0 Å². The summed E-state index contributed by atoms with van der Waals surface area (Å²) in [6.07, 6.45) is 1.07. The second-order valence-electron chi connectivity index (χ2n) is 5.23. The van der Waals surface area contributed by atoms with Crippen LogP contribution in [0.1, 0.15) is 36.6 Å². The molecule has 0 saturated carbocycles. The quantitative estimate of drug-likeness (QED) is 0.685. The Labute approximate surface area is 130 Å². The highest BCUT2D eigenvalue weighted by Gasteiger charge is 2.18. The predicted molar refractivity (Wildman–Crippen MR) is 93.2 cm³/mol. The fourth-order valence-corrected chi connectivity index (χ4v) is 3.92. The van der Waals surface area contributed by atoms with Crippen LogP contribution in [0.2, 0.25) is 0 Å². The normalized spacial score (nSPS) is 12.7. The molecule has 2 heteroatoms. The number of aryl methyl sites for hydroxylation is 1. The first-order valence-corrected chi connectivity index (χ1v) is 8.50. The van der Waals surface area contributed by atoms with Gasteiger partial charge in [-0.15, -0.1) is 11.3 Å². The third-order valence-electron chi connectivity index (χ3n) is 3.98. The first-order valence-electron chi connectivity index (χ1n) is 7.62. The molecule has 0 aliphatic carbocycles. The summed E-state index contributed by atoms with van der Waals surface area (Å²) in [6, 6.07) is 17.9. The van der Waals surface area contributed by atoms with Crippen LogP contribution in [0.25, 0.3) is 10.1 Å². The molecular formula is C19H21NS. The SMILES string of the molecule is CCNC(c1ccccc1CC)c1cccc2ccsc12. The Hall–Kier alpha value is -1.64. The zero-order valence-electron chi connectivity index (χ0n) is 12.6. The van der Waals surface area contributed by atoms with Gasteiger partial charge in [0.05, 0.1) is 6.04 Å². The van der Waals surface area contributed by atoms with Crippen LogP contribution in [0, 0.1) is 0 Å². The number of nitrogens with one attached hydrogen (secondary N) is 1. The molecular weight excluding hydrogens is 274 g/mol. The highest BCUT2D eigenvalue weighted by atomic mass is 32.1. The van der Waals surface area contributed by atoms with Crippen LogP contribution >= 0.6 is 11.3 Å². The lowest BCUT2D eigenvalue weighted by molar-refractivity contribution is 0.630. The van der Waals surface area contributed by atoms with E-state index in [0.717, 1.165) is 13.0 Å². The molecule has 1 aromatic heterocycles. The molecule has 108 valence electrons. The molecule has 21 heavy (non-hydrogen) atoms. The van der Waals surface area contributed by atoms with Crippen LogP contribution in [-0.4, -0.2) is 6.54 Å². The van der Waals surface area contributed by atoms with Gasteiger partial charge < -0.3 is 5.32 Å². The van der Waals surface area contributed by atoms with Gasteiger partial charge in [-0.25, -0.2) is 0 Å². The highest BCUT2D eigenvalue weighted by Crippen LogP contribution is 2.33. The third kappa shape index (κ3) is 2.74. The van der Waals surface area contributed by atoms with Gasteiger partial charge >= 0.3 is 0 Å². The summed E-state index contributed by atoms with van der Waals surface area (Å²) in [7, 11) is 0. The van der Waals surface area contributed by atoms with Crippen molar-refractivity contribution in [2.24, 2.45) is 0 Å². The van der Waals surface area contributed by atoms with E-state index in [1.807, 2.05) is 11.3 Å². The molecule has 0 amide bonds. The van der Waals surface area contributed by atoms with Crippen molar-refractivity contribution in [3.63, 3.8) is 0 Å². The van der Waals surface area contributed by atoms with E-state index in [1.54, 1.807) is 0 Å². The number of thiophene rings is 1. The molecule has 2 aromatic carbocycles. The van der Waals surface area contributed by atoms with Gasteiger partial charge in [0.15, 0.2) is 0 Å². The zero-order valence-corrected chi connectivity index (χ0v) is 13.4. The van der Waals surface area contributed by atoms with Gasteiger partial charge in [0.25, 0.3) is 0 Å². The minimum Gasteiger partial charge on any atom is -0.306 e. The molecule has 0 saturated heterocycles. The maximum atomic E-state index is 3.68. The van der Waals surface area contributed by atoms with E-state index < -0.39 is 0 Å². The van der Waals surface area contributed by atoms with E-state index in [9.17, 15) is 0 Å². The Morgan fingerprint density at radius 3 is 2.57 bits per heavy atom. The van der Waals surface area contributed by atoms with Crippen LogP contribution in [-0.2, 0) is 6.42 Å². The lowest BCUT2D eigenvalue weighted by atomic mass is 9.92. The molecule has 0 aliphatic rings. The Morgan fingerprint density at radius 2 is 1.76 bits per heavy atom. The van der Waals surface area contributed by atoms with E-state index >= 15 is 0 Å². The van der Waals surface area contributed by atoms with Crippen molar-refractivity contribution < 1.29 is 0 Å². The van der Waals surface area contributed by atoms with E-state index in [-0.39, 0.29) is 6.04 Å². The number of hydrogen-bond acceptors (Lipinski definition) is 2. The summed E-state index contributed by atoms with van der Waals surface area (Å²) in [6.45, 7) is 5.37. The summed E-state index contributed by atoms with van der Waals surface area (Å²) in [4.78, 5) is 0. The van der Waals surface area contributed by atoms with Crippen molar-refractivity contribution >= 4 is 21.4 Å². The molecule has 3 aromatic rings. The molecule has 0 fully saturated rings. The minimum absolute atomic E-state index is 0.272.